The molecular formula is C28H21FI2N2O4S. The van der Waals surface area contributed by atoms with Gasteiger partial charge in [0.2, 0.25) is 5.91 Å². The second-order valence-electron chi connectivity index (χ2n) is 8.83. The van der Waals surface area contributed by atoms with Crippen molar-refractivity contribution in [3.63, 3.8) is 0 Å². The van der Waals surface area contributed by atoms with Gasteiger partial charge in [-0.1, -0.05) is 36.4 Å². The van der Waals surface area contributed by atoms with E-state index in [2.05, 4.69) is 51.2 Å². The second kappa shape index (κ2) is 11.7. The number of carbonyl (C=O) groups excluding carboxylic acids is 3. The third kappa shape index (κ3) is 6.07. The van der Waals surface area contributed by atoms with Crippen molar-refractivity contribution in [2.75, 3.05) is 13.1 Å². The van der Waals surface area contributed by atoms with Crippen molar-refractivity contribution in [2.24, 2.45) is 0 Å². The number of fused-ring (bicyclic) bond motifs is 1. The van der Waals surface area contributed by atoms with E-state index in [-0.39, 0.29) is 29.8 Å². The van der Waals surface area contributed by atoms with Crippen molar-refractivity contribution in [3.05, 3.63) is 101 Å². The molecule has 3 aromatic rings. The summed E-state index contributed by atoms with van der Waals surface area (Å²) in [4.78, 5) is 41.6. The van der Waals surface area contributed by atoms with E-state index in [1.807, 2.05) is 30.3 Å². The van der Waals surface area contributed by atoms with Crippen LogP contribution in [-0.2, 0) is 29.2 Å². The Labute approximate surface area is 250 Å². The Kier molecular flexibility index (Phi) is 8.38. The highest BCUT2D eigenvalue weighted by Gasteiger charge is 2.37. The fraction of sp³-hybridized carbons (Fsp3) is 0.179. The zero-order chi connectivity index (χ0) is 26.8. The molecular weight excluding hydrogens is 733 g/mol. The van der Waals surface area contributed by atoms with E-state index in [0.717, 1.165) is 46.9 Å². The molecule has 3 aromatic carbocycles. The van der Waals surface area contributed by atoms with Crippen molar-refractivity contribution in [1.29, 1.82) is 0 Å². The Balaban J connectivity index is 1.25. The average Bonchev–Trinajstić information content (AvgIpc) is 3.15. The summed E-state index contributed by atoms with van der Waals surface area (Å²) >= 11 is 5.13. The van der Waals surface area contributed by atoms with E-state index in [1.54, 1.807) is 23.1 Å². The number of amides is 3. The SMILES string of the molecule is O=C(CN1C(=O)S/C(=C\c2cc(I)c(OCc3cccc(F)c3)c(I)c2)C1=O)N1CCc2ccccc2C1. The van der Waals surface area contributed by atoms with E-state index >= 15 is 0 Å². The first-order valence-electron chi connectivity index (χ1n) is 11.7. The minimum atomic E-state index is -0.470. The maximum Gasteiger partial charge on any atom is 0.294 e. The fourth-order valence-electron chi connectivity index (χ4n) is 4.31. The van der Waals surface area contributed by atoms with Gasteiger partial charge in [0.05, 0.1) is 12.0 Å². The largest absolute Gasteiger partial charge is 0.487 e. The van der Waals surface area contributed by atoms with Gasteiger partial charge in [0.25, 0.3) is 11.1 Å². The van der Waals surface area contributed by atoms with E-state index in [9.17, 15) is 18.8 Å². The van der Waals surface area contributed by atoms with Crippen LogP contribution in [0.25, 0.3) is 6.08 Å². The maximum absolute atomic E-state index is 13.5. The number of halogens is 3. The molecule has 3 amide bonds. The van der Waals surface area contributed by atoms with E-state index < -0.39 is 11.1 Å². The van der Waals surface area contributed by atoms with Gasteiger partial charge < -0.3 is 9.64 Å². The van der Waals surface area contributed by atoms with Crippen LogP contribution < -0.4 is 4.74 Å². The molecule has 0 saturated carbocycles. The molecule has 2 aliphatic rings. The number of rotatable bonds is 6. The van der Waals surface area contributed by atoms with Crippen LogP contribution >= 0.6 is 56.9 Å². The molecule has 0 aromatic heterocycles. The predicted octanol–water partition coefficient (Wildman–Crippen LogP) is 6.24. The summed E-state index contributed by atoms with van der Waals surface area (Å²) in [5.74, 6) is -0.369. The first-order chi connectivity index (χ1) is 18.3. The monoisotopic (exact) mass is 754 g/mol. The lowest BCUT2D eigenvalue weighted by Crippen LogP contribution is -2.44. The van der Waals surface area contributed by atoms with Gasteiger partial charge in [0.15, 0.2) is 0 Å². The van der Waals surface area contributed by atoms with Gasteiger partial charge in [-0.3, -0.25) is 19.3 Å². The molecule has 1 saturated heterocycles. The Morgan fingerprint density at radius 3 is 2.50 bits per heavy atom. The second-order valence-corrected chi connectivity index (χ2v) is 12.2. The van der Waals surface area contributed by atoms with Gasteiger partial charge in [-0.2, -0.15) is 0 Å². The van der Waals surface area contributed by atoms with Crippen molar-refractivity contribution >= 4 is 80.1 Å². The molecule has 0 aliphatic carbocycles. The van der Waals surface area contributed by atoms with Crippen LogP contribution in [0.15, 0.2) is 65.6 Å². The van der Waals surface area contributed by atoms with Gasteiger partial charge >= 0.3 is 0 Å². The predicted molar refractivity (Wildman–Crippen MR) is 161 cm³/mol. The highest BCUT2D eigenvalue weighted by molar-refractivity contribution is 14.1. The smallest absolute Gasteiger partial charge is 0.294 e. The third-order valence-corrected chi connectivity index (χ3v) is 8.75. The molecule has 0 N–H and O–H groups in total. The standard InChI is InChI=1S/C28H21FI2N2O4S/c29-21-7-3-4-17(10-21)16-37-26-22(30)11-18(12-23(26)31)13-24-27(35)33(28(36)38-24)15-25(34)32-9-8-19-5-1-2-6-20(19)14-32/h1-7,10-13H,8-9,14-16H2/b24-13-. The number of carbonyl (C=O) groups is 3. The Bertz CT molecular complexity index is 1460. The van der Waals surface area contributed by atoms with Crippen LogP contribution in [0.4, 0.5) is 9.18 Å². The summed E-state index contributed by atoms with van der Waals surface area (Å²) in [6.07, 6.45) is 2.41. The first-order valence-corrected chi connectivity index (χ1v) is 14.7. The highest BCUT2D eigenvalue weighted by Crippen LogP contribution is 2.35. The number of hydrogen-bond acceptors (Lipinski definition) is 5. The summed E-state index contributed by atoms with van der Waals surface area (Å²) in [7, 11) is 0. The lowest BCUT2D eigenvalue weighted by atomic mass is 10.00. The van der Waals surface area contributed by atoms with Gasteiger partial charge in [-0.25, -0.2) is 4.39 Å². The number of benzene rings is 3. The first kappa shape index (κ1) is 27.1. The normalized spacial score (nSPS) is 16.2. The van der Waals surface area contributed by atoms with Gasteiger partial charge in [0.1, 0.15) is 24.7 Å². The zero-order valence-electron chi connectivity index (χ0n) is 20.0. The molecule has 1 fully saturated rings. The molecule has 0 radical (unpaired) electrons. The molecule has 0 spiro atoms. The number of ether oxygens (including phenoxy) is 1. The van der Waals surface area contributed by atoms with Crippen LogP contribution in [0.5, 0.6) is 5.75 Å². The zero-order valence-corrected chi connectivity index (χ0v) is 25.1. The Morgan fingerprint density at radius 2 is 1.76 bits per heavy atom. The quantitative estimate of drug-likeness (QED) is 0.221. The van der Waals surface area contributed by atoms with E-state index in [1.165, 1.54) is 17.7 Å². The molecule has 2 heterocycles. The Hall–Kier alpha value is -2.45. The van der Waals surface area contributed by atoms with Crippen molar-refractivity contribution in [2.45, 2.75) is 19.6 Å². The molecule has 0 unspecified atom stereocenters. The summed E-state index contributed by atoms with van der Waals surface area (Å²) in [6, 6.07) is 17.9. The van der Waals surface area contributed by atoms with Crippen LogP contribution in [0, 0.1) is 13.0 Å². The molecule has 38 heavy (non-hydrogen) atoms. The minimum Gasteiger partial charge on any atom is -0.487 e. The van der Waals surface area contributed by atoms with Gasteiger partial charge in [-0.15, -0.1) is 0 Å². The summed E-state index contributed by atoms with van der Waals surface area (Å²) in [5, 5.41) is -0.452. The van der Waals surface area contributed by atoms with Crippen LogP contribution in [0.1, 0.15) is 22.3 Å². The maximum atomic E-state index is 13.5. The average molecular weight is 754 g/mol. The number of hydrogen-bond donors (Lipinski definition) is 0. The molecule has 6 nitrogen and oxygen atoms in total. The number of nitrogens with zero attached hydrogens (tertiary/aromatic N) is 2. The highest BCUT2D eigenvalue weighted by atomic mass is 127. The molecule has 2 aliphatic heterocycles. The summed E-state index contributed by atoms with van der Waals surface area (Å²) < 4.78 is 21.0. The molecule has 0 atom stereocenters. The minimum absolute atomic E-state index is 0.221. The summed E-state index contributed by atoms with van der Waals surface area (Å²) in [5.41, 5.74) is 3.77. The lowest BCUT2D eigenvalue weighted by Gasteiger charge is -2.29. The molecule has 194 valence electrons. The summed E-state index contributed by atoms with van der Waals surface area (Å²) in [6.45, 7) is 0.989. The molecule has 5 rings (SSSR count). The third-order valence-electron chi connectivity index (χ3n) is 6.24. The topological polar surface area (TPSA) is 66.9 Å². The van der Waals surface area contributed by atoms with Crippen molar-refractivity contribution in [1.82, 2.24) is 9.80 Å². The number of imide groups is 1. The van der Waals surface area contributed by atoms with Crippen molar-refractivity contribution in [3.8, 4) is 5.75 Å². The van der Waals surface area contributed by atoms with Crippen LogP contribution in [-0.4, -0.2) is 39.9 Å². The van der Waals surface area contributed by atoms with E-state index in [0.29, 0.717) is 18.8 Å². The Morgan fingerprint density at radius 1 is 1.03 bits per heavy atom. The number of thioether (sulfide) groups is 1. The van der Waals surface area contributed by atoms with Gasteiger partial charge in [0, 0.05) is 13.1 Å². The lowest BCUT2D eigenvalue weighted by molar-refractivity contribution is -0.136. The fourth-order valence-corrected chi connectivity index (χ4v) is 7.28. The molecule has 0 bridgehead atoms. The molecule has 10 heteroatoms. The van der Waals surface area contributed by atoms with Gasteiger partial charge in [-0.05, 0) is 116 Å². The van der Waals surface area contributed by atoms with E-state index in [4.69, 9.17) is 4.74 Å². The van der Waals surface area contributed by atoms with Crippen LogP contribution in [0.3, 0.4) is 0 Å². The van der Waals surface area contributed by atoms with Crippen molar-refractivity contribution < 1.29 is 23.5 Å². The van der Waals surface area contributed by atoms with Crippen LogP contribution in [0.2, 0.25) is 0 Å².